The molecule has 2 aromatic carbocycles. The first-order chi connectivity index (χ1) is 11.9. The summed E-state index contributed by atoms with van der Waals surface area (Å²) in [6.45, 7) is 3.63. The van der Waals surface area contributed by atoms with Crippen molar-refractivity contribution in [2.45, 2.75) is 13.8 Å². The van der Waals surface area contributed by atoms with E-state index in [0.717, 1.165) is 11.1 Å². The zero-order valence-corrected chi connectivity index (χ0v) is 14.9. The van der Waals surface area contributed by atoms with Crippen LogP contribution in [0.3, 0.4) is 0 Å². The standard InChI is InChI=1S/C19H18ClNO4/c1-12-16(5-4-6-17(12)18(11-24-3)19(22)23)13(2)21-25-15-9-7-14(20)8-10-15/h4-11H,1-3H3,(H,22,23)/b18-11+,21-13?. The van der Waals surface area contributed by atoms with Crippen LogP contribution in [0.25, 0.3) is 5.57 Å². The van der Waals surface area contributed by atoms with Crippen molar-refractivity contribution in [3.63, 3.8) is 0 Å². The Bertz CT molecular complexity index is 826. The van der Waals surface area contributed by atoms with Crippen LogP contribution in [0.15, 0.2) is 53.9 Å². The molecule has 1 N–H and O–H groups in total. The van der Waals surface area contributed by atoms with Gasteiger partial charge in [0.25, 0.3) is 0 Å². The highest BCUT2D eigenvalue weighted by molar-refractivity contribution is 6.30. The number of carbonyl (C=O) groups is 1. The summed E-state index contributed by atoms with van der Waals surface area (Å²) in [6.07, 6.45) is 1.21. The average molecular weight is 360 g/mol. The number of carboxylic acids is 1. The van der Waals surface area contributed by atoms with E-state index >= 15 is 0 Å². The van der Waals surface area contributed by atoms with Gasteiger partial charge >= 0.3 is 5.97 Å². The number of nitrogens with zero attached hydrogens (tertiary/aromatic N) is 1. The molecule has 0 saturated heterocycles. The Morgan fingerprint density at radius 3 is 2.40 bits per heavy atom. The number of hydrogen-bond acceptors (Lipinski definition) is 4. The molecule has 0 aliphatic rings. The fraction of sp³-hybridized carbons (Fsp3) is 0.158. The third kappa shape index (κ3) is 4.61. The summed E-state index contributed by atoms with van der Waals surface area (Å²) in [5, 5.41) is 14.1. The van der Waals surface area contributed by atoms with E-state index in [2.05, 4.69) is 5.16 Å². The van der Waals surface area contributed by atoms with Crippen LogP contribution in [0.2, 0.25) is 5.02 Å². The second-order valence-electron chi connectivity index (χ2n) is 5.27. The predicted octanol–water partition coefficient (Wildman–Crippen LogP) is 4.52. The Morgan fingerprint density at radius 2 is 1.80 bits per heavy atom. The first-order valence-electron chi connectivity index (χ1n) is 7.48. The summed E-state index contributed by atoms with van der Waals surface area (Å²) in [5.41, 5.74) is 2.82. The SMILES string of the molecule is CO/C=C(/C(=O)O)c1cccc(C(C)=NOc2ccc(Cl)cc2)c1C. The molecule has 0 amide bonds. The van der Waals surface area contributed by atoms with Gasteiger partial charge in [-0.15, -0.1) is 0 Å². The largest absolute Gasteiger partial charge is 0.503 e. The molecule has 0 aliphatic heterocycles. The molecule has 5 nitrogen and oxygen atoms in total. The Hall–Kier alpha value is -2.79. The molecule has 25 heavy (non-hydrogen) atoms. The van der Waals surface area contributed by atoms with Gasteiger partial charge in [0.05, 0.1) is 19.1 Å². The number of halogens is 1. The van der Waals surface area contributed by atoms with E-state index in [0.29, 0.717) is 22.0 Å². The van der Waals surface area contributed by atoms with E-state index in [-0.39, 0.29) is 5.57 Å². The first-order valence-corrected chi connectivity index (χ1v) is 7.85. The van der Waals surface area contributed by atoms with E-state index in [1.165, 1.54) is 13.4 Å². The number of methoxy groups -OCH3 is 1. The van der Waals surface area contributed by atoms with Gasteiger partial charge in [0.1, 0.15) is 5.57 Å². The van der Waals surface area contributed by atoms with Gasteiger partial charge in [0.15, 0.2) is 5.75 Å². The molecule has 0 atom stereocenters. The summed E-state index contributed by atoms with van der Waals surface area (Å²) >= 11 is 5.83. The maximum atomic E-state index is 11.4. The monoisotopic (exact) mass is 359 g/mol. The highest BCUT2D eigenvalue weighted by Gasteiger charge is 2.16. The van der Waals surface area contributed by atoms with E-state index in [1.807, 2.05) is 13.0 Å². The summed E-state index contributed by atoms with van der Waals surface area (Å²) in [4.78, 5) is 16.8. The van der Waals surface area contributed by atoms with Crippen LogP contribution in [-0.2, 0) is 9.53 Å². The molecule has 2 aromatic rings. The van der Waals surface area contributed by atoms with Gasteiger partial charge in [-0.2, -0.15) is 0 Å². The topological polar surface area (TPSA) is 68.1 Å². The van der Waals surface area contributed by atoms with Crippen LogP contribution in [0.1, 0.15) is 23.6 Å². The molecule has 0 heterocycles. The minimum absolute atomic E-state index is 0.0771. The van der Waals surface area contributed by atoms with Crippen LogP contribution < -0.4 is 4.84 Å². The van der Waals surface area contributed by atoms with Crippen molar-refractivity contribution in [2.75, 3.05) is 7.11 Å². The predicted molar refractivity (Wildman–Crippen MR) is 98.1 cm³/mol. The zero-order valence-electron chi connectivity index (χ0n) is 14.1. The van der Waals surface area contributed by atoms with Crippen molar-refractivity contribution in [2.24, 2.45) is 5.16 Å². The lowest BCUT2D eigenvalue weighted by molar-refractivity contribution is -0.130. The lowest BCUT2D eigenvalue weighted by atomic mass is 9.95. The van der Waals surface area contributed by atoms with Crippen molar-refractivity contribution in [1.29, 1.82) is 0 Å². The smallest absolute Gasteiger partial charge is 0.339 e. The van der Waals surface area contributed by atoms with Crippen molar-refractivity contribution in [3.8, 4) is 5.75 Å². The number of rotatable bonds is 6. The van der Waals surface area contributed by atoms with Gasteiger partial charge in [-0.25, -0.2) is 4.79 Å². The van der Waals surface area contributed by atoms with Gasteiger partial charge in [-0.05, 0) is 49.2 Å². The summed E-state index contributed by atoms with van der Waals surface area (Å²) < 4.78 is 4.88. The zero-order chi connectivity index (χ0) is 18.4. The van der Waals surface area contributed by atoms with Crippen molar-refractivity contribution in [3.05, 3.63) is 70.4 Å². The minimum Gasteiger partial charge on any atom is -0.503 e. The second kappa shape index (κ2) is 8.35. The second-order valence-corrected chi connectivity index (χ2v) is 5.71. The van der Waals surface area contributed by atoms with Crippen molar-refractivity contribution in [1.82, 2.24) is 0 Å². The molecule has 0 radical (unpaired) electrons. The Labute approximate surface area is 151 Å². The summed E-state index contributed by atoms with van der Waals surface area (Å²) in [6, 6.07) is 12.2. The normalized spacial score (nSPS) is 12.0. The number of aliphatic carboxylic acids is 1. The van der Waals surface area contributed by atoms with E-state index in [4.69, 9.17) is 21.2 Å². The molecule has 0 saturated carbocycles. The van der Waals surface area contributed by atoms with Crippen molar-refractivity contribution >= 4 is 28.9 Å². The highest BCUT2D eigenvalue weighted by Crippen LogP contribution is 2.23. The molecule has 6 heteroatoms. The molecular formula is C19H18ClNO4. The Kier molecular flexibility index (Phi) is 6.19. The van der Waals surface area contributed by atoms with Crippen LogP contribution in [0.4, 0.5) is 0 Å². The number of oxime groups is 1. The number of hydrogen-bond donors (Lipinski definition) is 1. The van der Waals surface area contributed by atoms with Gasteiger partial charge < -0.3 is 14.7 Å². The lowest BCUT2D eigenvalue weighted by Crippen LogP contribution is -2.07. The number of ether oxygens (including phenoxy) is 1. The quantitative estimate of drug-likeness (QED) is 0.356. The average Bonchev–Trinajstić information content (AvgIpc) is 2.59. The molecule has 0 aromatic heterocycles. The molecule has 0 spiro atoms. The van der Waals surface area contributed by atoms with Crippen LogP contribution >= 0.6 is 11.6 Å². The summed E-state index contributed by atoms with van der Waals surface area (Å²) in [7, 11) is 1.41. The van der Waals surface area contributed by atoms with Gasteiger partial charge in [-0.3, -0.25) is 0 Å². The lowest BCUT2D eigenvalue weighted by Gasteiger charge is -2.11. The maximum Gasteiger partial charge on any atom is 0.339 e. The third-order valence-corrected chi connectivity index (χ3v) is 3.83. The van der Waals surface area contributed by atoms with Crippen LogP contribution in [0.5, 0.6) is 5.75 Å². The fourth-order valence-corrected chi connectivity index (χ4v) is 2.46. The van der Waals surface area contributed by atoms with Gasteiger partial charge in [0, 0.05) is 10.6 Å². The molecule has 0 unspecified atom stereocenters. The van der Waals surface area contributed by atoms with Crippen LogP contribution in [-0.4, -0.2) is 23.9 Å². The number of benzene rings is 2. The van der Waals surface area contributed by atoms with Crippen molar-refractivity contribution < 1.29 is 19.5 Å². The molecule has 0 fully saturated rings. The van der Waals surface area contributed by atoms with E-state index < -0.39 is 5.97 Å². The van der Waals surface area contributed by atoms with Gasteiger partial charge in [0.2, 0.25) is 0 Å². The Morgan fingerprint density at radius 1 is 1.16 bits per heavy atom. The van der Waals surface area contributed by atoms with E-state index in [1.54, 1.807) is 43.3 Å². The fourth-order valence-electron chi connectivity index (χ4n) is 2.33. The third-order valence-electron chi connectivity index (χ3n) is 3.58. The van der Waals surface area contributed by atoms with E-state index in [9.17, 15) is 9.90 Å². The van der Waals surface area contributed by atoms with Gasteiger partial charge in [-0.1, -0.05) is 35.0 Å². The van der Waals surface area contributed by atoms with Crippen LogP contribution in [0, 0.1) is 6.92 Å². The summed E-state index contributed by atoms with van der Waals surface area (Å²) in [5.74, 6) is -0.503. The minimum atomic E-state index is -1.06. The molecule has 2 rings (SSSR count). The number of carboxylic acid groups (broad SMARTS) is 1. The highest BCUT2D eigenvalue weighted by atomic mass is 35.5. The molecule has 0 aliphatic carbocycles. The molecule has 130 valence electrons. The maximum absolute atomic E-state index is 11.4. The molecular weight excluding hydrogens is 342 g/mol. The molecule has 0 bridgehead atoms. The first kappa shape index (κ1) is 18.5. The Balaban J connectivity index is 2.34.